The smallest absolute Gasteiger partial charge is 0.312 e. The summed E-state index contributed by atoms with van der Waals surface area (Å²) < 4.78 is 5.16. The van der Waals surface area contributed by atoms with Crippen LogP contribution in [-0.2, 0) is 9.53 Å². The van der Waals surface area contributed by atoms with E-state index in [1.165, 1.54) is 7.11 Å². The van der Waals surface area contributed by atoms with Crippen molar-refractivity contribution in [3.8, 4) is 0 Å². The first kappa shape index (κ1) is 13.6. The first-order valence-electron chi connectivity index (χ1n) is 6.73. The van der Waals surface area contributed by atoms with E-state index in [0.29, 0.717) is 0 Å². The molecule has 0 amide bonds. The molecule has 1 fully saturated rings. The van der Waals surface area contributed by atoms with E-state index in [4.69, 9.17) is 4.74 Å². The number of methoxy groups -OCH3 is 1. The molecule has 2 aliphatic rings. The lowest BCUT2D eigenvalue weighted by molar-refractivity contribution is -0.167. The fraction of sp³-hybridized carbons (Fsp3) is 0.812. The van der Waals surface area contributed by atoms with Crippen LogP contribution in [0.2, 0.25) is 0 Å². The van der Waals surface area contributed by atoms with Crippen LogP contribution in [0.1, 0.15) is 48.5 Å². The lowest BCUT2D eigenvalue weighted by atomic mass is 9.53. The highest BCUT2D eigenvalue weighted by atomic mass is 16.5. The highest BCUT2D eigenvalue weighted by Gasteiger charge is 2.80. The third-order valence-corrected chi connectivity index (χ3v) is 7.53. The van der Waals surface area contributed by atoms with E-state index < -0.39 is 5.41 Å². The number of esters is 1. The van der Waals surface area contributed by atoms with Gasteiger partial charge in [0.2, 0.25) is 0 Å². The van der Waals surface area contributed by atoms with Crippen molar-refractivity contribution >= 4 is 5.97 Å². The molecule has 3 unspecified atom stereocenters. The second-order valence-electron chi connectivity index (χ2n) is 7.60. The number of carbonyl (C=O) groups excluding carboxylic acids is 1. The number of hydrogen-bond acceptors (Lipinski definition) is 2. The van der Waals surface area contributed by atoms with Crippen molar-refractivity contribution in [2.75, 3.05) is 7.11 Å². The topological polar surface area (TPSA) is 26.3 Å². The van der Waals surface area contributed by atoms with Crippen LogP contribution in [-0.4, -0.2) is 13.1 Å². The molecular formula is C16H26O2. The van der Waals surface area contributed by atoms with Crippen molar-refractivity contribution in [3.63, 3.8) is 0 Å². The van der Waals surface area contributed by atoms with Crippen LogP contribution >= 0.6 is 0 Å². The largest absolute Gasteiger partial charge is 0.469 e. The second-order valence-corrected chi connectivity index (χ2v) is 7.60. The van der Waals surface area contributed by atoms with Gasteiger partial charge in [0, 0.05) is 5.41 Å². The standard InChI is InChI=1S/C16H26O2/c1-12(2)14(5)9-10-15(12,6)16(7,11(17)18-8)13(14,3)4/h9-10H,1-8H3. The van der Waals surface area contributed by atoms with E-state index in [2.05, 4.69) is 60.6 Å². The number of carbonyl (C=O) groups is 1. The number of hydrogen-bond donors (Lipinski definition) is 0. The van der Waals surface area contributed by atoms with Crippen LogP contribution in [0.5, 0.6) is 0 Å². The number of ether oxygens (including phenoxy) is 1. The Balaban J connectivity index is 2.80. The molecule has 0 aromatic rings. The van der Waals surface area contributed by atoms with E-state index in [1.807, 2.05) is 0 Å². The van der Waals surface area contributed by atoms with E-state index in [1.54, 1.807) is 0 Å². The fourth-order valence-electron chi connectivity index (χ4n) is 4.91. The lowest BCUT2D eigenvalue weighted by Crippen LogP contribution is -2.52. The minimum Gasteiger partial charge on any atom is -0.469 e. The summed E-state index contributed by atoms with van der Waals surface area (Å²) in [6, 6.07) is 0. The van der Waals surface area contributed by atoms with E-state index >= 15 is 0 Å². The van der Waals surface area contributed by atoms with Gasteiger partial charge in [0.15, 0.2) is 0 Å². The van der Waals surface area contributed by atoms with Gasteiger partial charge >= 0.3 is 5.97 Å². The van der Waals surface area contributed by atoms with E-state index in [9.17, 15) is 4.79 Å². The predicted octanol–water partition coefficient (Wildman–Crippen LogP) is 3.81. The Hall–Kier alpha value is -0.790. The van der Waals surface area contributed by atoms with Crippen molar-refractivity contribution < 1.29 is 9.53 Å². The Morgan fingerprint density at radius 1 is 0.833 bits per heavy atom. The molecule has 0 radical (unpaired) electrons. The molecule has 2 aliphatic carbocycles. The summed E-state index contributed by atoms with van der Waals surface area (Å²) in [5.41, 5.74) is -0.780. The van der Waals surface area contributed by atoms with Crippen molar-refractivity contribution in [2.24, 2.45) is 27.1 Å². The first-order valence-corrected chi connectivity index (χ1v) is 6.73. The fourth-order valence-corrected chi connectivity index (χ4v) is 4.91. The Morgan fingerprint density at radius 2 is 1.28 bits per heavy atom. The Morgan fingerprint density at radius 3 is 1.61 bits per heavy atom. The van der Waals surface area contributed by atoms with Gasteiger partial charge in [-0.05, 0) is 23.2 Å². The third-order valence-electron chi connectivity index (χ3n) is 7.53. The molecule has 2 rings (SSSR count). The summed E-state index contributed by atoms with van der Waals surface area (Å²) in [5.74, 6) is -0.0869. The van der Waals surface area contributed by atoms with Crippen LogP contribution in [0, 0.1) is 27.1 Å². The molecule has 0 spiro atoms. The molecular weight excluding hydrogens is 224 g/mol. The maximum absolute atomic E-state index is 12.5. The molecule has 2 heteroatoms. The molecule has 2 bridgehead atoms. The van der Waals surface area contributed by atoms with Gasteiger partial charge in [-0.25, -0.2) is 0 Å². The zero-order valence-electron chi connectivity index (χ0n) is 13.0. The second kappa shape index (κ2) is 3.02. The van der Waals surface area contributed by atoms with Crippen molar-refractivity contribution in [2.45, 2.75) is 48.5 Å². The molecule has 102 valence electrons. The maximum Gasteiger partial charge on any atom is 0.312 e. The molecule has 0 saturated heterocycles. The monoisotopic (exact) mass is 250 g/mol. The van der Waals surface area contributed by atoms with E-state index in [0.717, 1.165) is 0 Å². The number of rotatable bonds is 1. The van der Waals surface area contributed by atoms with E-state index in [-0.39, 0.29) is 27.6 Å². The van der Waals surface area contributed by atoms with Crippen LogP contribution < -0.4 is 0 Å². The quantitative estimate of drug-likeness (QED) is 0.522. The Bertz CT molecular complexity index is 446. The highest BCUT2D eigenvalue weighted by Crippen LogP contribution is 2.82. The van der Waals surface area contributed by atoms with Gasteiger partial charge in [0.05, 0.1) is 12.5 Å². The SMILES string of the molecule is COC(=O)C1(C)C(C)(C)C2(C)C=CC1(C)C2(C)C. The van der Waals surface area contributed by atoms with Gasteiger partial charge in [-0.2, -0.15) is 0 Å². The Labute approximate surface area is 111 Å². The summed E-state index contributed by atoms with van der Waals surface area (Å²) in [7, 11) is 1.50. The first-order chi connectivity index (χ1) is 7.94. The molecule has 3 atom stereocenters. The minimum atomic E-state index is -0.498. The van der Waals surface area contributed by atoms with Gasteiger partial charge < -0.3 is 4.74 Å². The predicted molar refractivity (Wildman–Crippen MR) is 73.0 cm³/mol. The summed E-state index contributed by atoms with van der Waals surface area (Å²) in [6.45, 7) is 15.5. The Kier molecular flexibility index (Phi) is 2.29. The van der Waals surface area contributed by atoms with Crippen LogP contribution in [0.15, 0.2) is 12.2 Å². The van der Waals surface area contributed by atoms with Crippen LogP contribution in [0.4, 0.5) is 0 Å². The normalized spacial score (nSPS) is 47.3. The van der Waals surface area contributed by atoms with Crippen molar-refractivity contribution in [1.82, 2.24) is 0 Å². The molecule has 0 N–H and O–H groups in total. The van der Waals surface area contributed by atoms with Gasteiger partial charge in [-0.3, -0.25) is 4.79 Å². The van der Waals surface area contributed by atoms with Crippen LogP contribution in [0.3, 0.4) is 0 Å². The number of fused-ring (bicyclic) bond motifs is 2. The molecule has 0 aromatic carbocycles. The van der Waals surface area contributed by atoms with Gasteiger partial charge in [0.25, 0.3) is 0 Å². The number of allylic oxidation sites excluding steroid dienone is 2. The molecule has 0 aromatic heterocycles. The third kappa shape index (κ3) is 0.876. The average Bonchev–Trinajstić information content (AvgIpc) is 2.51. The molecule has 2 nitrogen and oxygen atoms in total. The average molecular weight is 250 g/mol. The summed E-state index contributed by atoms with van der Waals surface area (Å²) in [6.07, 6.45) is 4.56. The van der Waals surface area contributed by atoms with Crippen molar-refractivity contribution in [3.05, 3.63) is 12.2 Å². The van der Waals surface area contributed by atoms with Crippen molar-refractivity contribution in [1.29, 1.82) is 0 Å². The summed E-state index contributed by atoms with van der Waals surface area (Å²) >= 11 is 0. The lowest BCUT2D eigenvalue weighted by Gasteiger charge is -2.49. The zero-order valence-corrected chi connectivity index (χ0v) is 13.0. The zero-order chi connectivity index (χ0) is 14.2. The molecule has 18 heavy (non-hydrogen) atoms. The highest BCUT2D eigenvalue weighted by molar-refractivity contribution is 5.81. The van der Waals surface area contributed by atoms with Gasteiger partial charge in [-0.1, -0.05) is 53.7 Å². The molecule has 0 heterocycles. The molecule has 0 aliphatic heterocycles. The maximum atomic E-state index is 12.5. The summed E-state index contributed by atoms with van der Waals surface area (Å²) in [5, 5.41) is 0. The summed E-state index contributed by atoms with van der Waals surface area (Å²) in [4.78, 5) is 12.5. The minimum absolute atomic E-state index is 0.00229. The van der Waals surface area contributed by atoms with Gasteiger partial charge in [-0.15, -0.1) is 0 Å². The molecule has 1 saturated carbocycles. The van der Waals surface area contributed by atoms with Gasteiger partial charge in [0.1, 0.15) is 0 Å². The van der Waals surface area contributed by atoms with Crippen LogP contribution in [0.25, 0.3) is 0 Å².